The number of anilines is 1. The third-order valence-corrected chi connectivity index (χ3v) is 6.60. The first-order chi connectivity index (χ1) is 17.2. The van der Waals surface area contributed by atoms with E-state index < -0.39 is 17.7 Å². The molecule has 1 atom stereocenters. The lowest BCUT2D eigenvalue weighted by Gasteiger charge is -2.14. The van der Waals surface area contributed by atoms with Crippen molar-refractivity contribution < 1.29 is 18.3 Å². The van der Waals surface area contributed by atoms with Crippen LogP contribution in [0.15, 0.2) is 58.5 Å². The zero-order valence-corrected chi connectivity index (χ0v) is 20.8. The molecule has 9 nitrogen and oxygen atoms in total. The first kappa shape index (κ1) is 25.2. The fraction of sp³-hybridized carbons (Fsp3) is 0.250. The molecular weight excluding hydrogens is 490 g/mol. The van der Waals surface area contributed by atoms with Crippen LogP contribution in [-0.4, -0.2) is 35.8 Å². The second-order valence-electron chi connectivity index (χ2n) is 8.01. The summed E-state index contributed by atoms with van der Waals surface area (Å²) in [6.45, 7) is 3.41. The number of para-hydroxylation sites is 1. The third kappa shape index (κ3) is 5.03. The van der Waals surface area contributed by atoms with Crippen molar-refractivity contribution in [2.75, 3.05) is 11.1 Å². The van der Waals surface area contributed by atoms with Crippen LogP contribution in [0.3, 0.4) is 0 Å². The van der Waals surface area contributed by atoms with Crippen molar-refractivity contribution in [1.82, 2.24) is 24.1 Å². The van der Waals surface area contributed by atoms with E-state index in [0.29, 0.717) is 22.4 Å². The molecule has 1 N–H and O–H groups in total. The molecule has 12 heteroatoms. The van der Waals surface area contributed by atoms with Crippen molar-refractivity contribution in [3.05, 3.63) is 82.0 Å². The van der Waals surface area contributed by atoms with Gasteiger partial charge < -0.3 is 14.6 Å². The molecule has 0 spiro atoms. The highest BCUT2D eigenvalue weighted by atomic mass is 32.2. The molecule has 0 saturated heterocycles. The quantitative estimate of drug-likeness (QED) is 0.360. The number of benzene rings is 2. The molecule has 0 bridgehead atoms. The lowest BCUT2D eigenvalue weighted by atomic mass is 10.3. The van der Waals surface area contributed by atoms with Crippen LogP contribution in [-0.2, 0) is 18.9 Å². The van der Waals surface area contributed by atoms with E-state index in [1.165, 1.54) is 10.7 Å². The van der Waals surface area contributed by atoms with Crippen molar-refractivity contribution >= 4 is 23.4 Å². The molecule has 1 unspecified atom stereocenters. The summed E-state index contributed by atoms with van der Waals surface area (Å²) in [5, 5.41) is 11.3. The Balaban J connectivity index is 1.42. The SMILES string of the molecule is Cc1c(NC(=O)CSc2nnc(C(C)Oc3ccc(F)cc3F)n2C)c(=O)n(-c2ccccc2)n1C. The van der Waals surface area contributed by atoms with Gasteiger partial charge in [0.25, 0.3) is 5.56 Å². The van der Waals surface area contributed by atoms with E-state index >= 15 is 0 Å². The summed E-state index contributed by atoms with van der Waals surface area (Å²) in [7, 11) is 3.44. The molecule has 4 aromatic rings. The number of rotatable bonds is 8. The van der Waals surface area contributed by atoms with Gasteiger partial charge in [-0.1, -0.05) is 30.0 Å². The Kier molecular flexibility index (Phi) is 7.25. The zero-order valence-electron chi connectivity index (χ0n) is 20.0. The second kappa shape index (κ2) is 10.4. The summed E-state index contributed by atoms with van der Waals surface area (Å²) >= 11 is 1.13. The summed E-state index contributed by atoms with van der Waals surface area (Å²) in [5.41, 5.74) is 1.17. The van der Waals surface area contributed by atoms with Crippen LogP contribution in [0.25, 0.3) is 5.69 Å². The number of nitrogens with zero attached hydrogens (tertiary/aromatic N) is 5. The van der Waals surface area contributed by atoms with E-state index in [9.17, 15) is 18.4 Å². The number of carbonyl (C=O) groups excluding carboxylic acids is 1. The molecule has 4 rings (SSSR count). The number of nitrogens with one attached hydrogen (secondary N) is 1. The van der Waals surface area contributed by atoms with Gasteiger partial charge in [0.05, 0.1) is 17.1 Å². The number of hydrogen-bond donors (Lipinski definition) is 1. The minimum absolute atomic E-state index is 0.0209. The Morgan fingerprint density at radius 2 is 1.86 bits per heavy atom. The van der Waals surface area contributed by atoms with Crippen molar-refractivity contribution in [3.63, 3.8) is 0 Å². The average molecular weight is 515 g/mol. The van der Waals surface area contributed by atoms with Crippen LogP contribution < -0.4 is 15.6 Å². The molecule has 0 aliphatic rings. The molecule has 0 fully saturated rings. The van der Waals surface area contributed by atoms with Crippen molar-refractivity contribution in [3.8, 4) is 11.4 Å². The predicted molar refractivity (Wildman–Crippen MR) is 132 cm³/mol. The van der Waals surface area contributed by atoms with E-state index in [-0.39, 0.29) is 28.7 Å². The number of hydrogen-bond acceptors (Lipinski definition) is 6. The number of ether oxygens (including phenoxy) is 1. The smallest absolute Gasteiger partial charge is 0.295 e. The van der Waals surface area contributed by atoms with Crippen LogP contribution in [0.4, 0.5) is 14.5 Å². The molecule has 1 amide bonds. The lowest BCUT2D eigenvalue weighted by molar-refractivity contribution is -0.113. The molecule has 2 aromatic heterocycles. The van der Waals surface area contributed by atoms with Gasteiger partial charge in [0.1, 0.15) is 11.5 Å². The number of halogens is 2. The van der Waals surface area contributed by atoms with Gasteiger partial charge in [-0.05, 0) is 38.1 Å². The second-order valence-corrected chi connectivity index (χ2v) is 8.95. The highest BCUT2D eigenvalue weighted by Crippen LogP contribution is 2.26. The minimum Gasteiger partial charge on any atom is -0.480 e. The van der Waals surface area contributed by atoms with Gasteiger partial charge in [0, 0.05) is 20.2 Å². The van der Waals surface area contributed by atoms with Gasteiger partial charge in [-0.25, -0.2) is 13.5 Å². The van der Waals surface area contributed by atoms with Gasteiger partial charge in [0.2, 0.25) is 5.91 Å². The molecule has 0 radical (unpaired) electrons. The highest BCUT2D eigenvalue weighted by molar-refractivity contribution is 7.99. The highest BCUT2D eigenvalue weighted by Gasteiger charge is 2.21. The van der Waals surface area contributed by atoms with Crippen LogP contribution in [0, 0.1) is 18.6 Å². The van der Waals surface area contributed by atoms with Gasteiger partial charge in [-0.2, -0.15) is 0 Å². The maximum Gasteiger partial charge on any atom is 0.295 e. The van der Waals surface area contributed by atoms with E-state index in [4.69, 9.17) is 4.74 Å². The van der Waals surface area contributed by atoms with Gasteiger partial charge >= 0.3 is 0 Å². The lowest BCUT2D eigenvalue weighted by Crippen LogP contribution is -2.23. The first-order valence-electron chi connectivity index (χ1n) is 10.9. The Morgan fingerprint density at radius 3 is 2.56 bits per heavy atom. The first-order valence-corrected chi connectivity index (χ1v) is 11.9. The van der Waals surface area contributed by atoms with Gasteiger partial charge in [-0.15, -0.1) is 10.2 Å². The fourth-order valence-corrected chi connectivity index (χ4v) is 4.36. The summed E-state index contributed by atoms with van der Waals surface area (Å²) in [5.74, 6) is -1.64. The van der Waals surface area contributed by atoms with Crippen LogP contribution in [0.2, 0.25) is 0 Å². The van der Waals surface area contributed by atoms with Crippen LogP contribution in [0.5, 0.6) is 5.75 Å². The molecule has 36 heavy (non-hydrogen) atoms. The molecule has 0 saturated carbocycles. The Morgan fingerprint density at radius 1 is 1.14 bits per heavy atom. The Labute approximate surface area is 209 Å². The normalized spacial score (nSPS) is 11.9. The predicted octanol–water partition coefficient (Wildman–Crippen LogP) is 3.76. The number of carbonyl (C=O) groups is 1. The summed E-state index contributed by atoms with van der Waals surface area (Å²) in [6, 6.07) is 12.2. The van der Waals surface area contributed by atoms with Crippen LogP contribution in [0.1, 0.15) is 24.5 Å². The van der Waals surface area contributed by atoms with E-state index in [1.54, 1.807) is 37.2 Å². The van der Waals surface area contributed by atoms with Gasteiger partial charge in [0.15, 0.2) is 28.7 Å². The van der Waals surface area contributed by atoms with Crippen molar-refractivity contribution in [1.29, 1.82) is 0 Å². The van der Waals surface area contributed by atoms with Crippen LogP contribution >= 0.6 is 11.8 Å². The maximum atomic E-state index is 13.9. The monoisotopic (exact) mass is 514 g/mol. The number of amides is 1. The number of thioether (sulfide) groups is 1. The summed E-state index contributed by atoms with van der Waals surface area (Å²) in [4.78, 5) is 25.6. The van der Waals surface area contributed by atoms with E-state index in [2.05, 4.69) is 15.5 Å². The third-order valence-electron chi connectivity index (χ3n) is 5.58. The standard InChI is InChI=1S/C24H24F2N6O3S/c1-14-21(23(34)32(31(14)4)17-8-6-5-7-9-17)27-20(33)13-36-24-29-28-22(30(24)3)15(2)35-19-11-10-16(25)12-18(19)26/h5-12,15H,13H2,1-4H3,(H,27,33). The Hall–Kier alpha value is -3.93. The number of aromatic nitrogens is 5. The maximum absolute atomic E-state index is 13.9. The molecule has 188 valence electrons. The van der Waals surface area contributed by atoms with E-state index in [0.717, 1.165) is 23.9 Å². The Bertz CT molecular complexity index is 1460. The van der Waals surface area contributed by atoms with Crippen molar-refractivity contribution in [2.45, 2.75) is 25.1 Å². The van der Waals surface area contributed by atoms with Gasteiger partial charge in [-0.3, -0.25) is 14.3 Å². The van der Waals surface area contributed by atoms with E-state index in [1.807, 2.05) is 30.3 Å². The molecule has 0 aliphatic carbocycles. The average Bonchev–Trinajstić information content (AvgIpc) is 3.32. The molecule has 2 aromatic carbocycles. The van der Waals surface area contributed by atoms with Crippen molar-refractivity contribution in [2.24, 2.45) is 14.1 Å². The zero-order chi connectivity index (χ0) is 26.0. The largest absolute Gasteiger partial charge is 0.480 e. The fourth-order valence-electron chi connectivity index (χ4n) is 3.64. The summed E-state index contributed by atoms with van der Waals surface area (Å²) in [6.07, 6.45) is -0.686. The molecular formula is C24H24F2N6O3S. The summed E-state index contributed by atoms with van der Waals surface area (Å²) < 4.78 is 37.4. The molecule has 0 aliphatic heterocycles. The topological polar surface area (TPSA) is 96.0 Å². The molecule has 2 heterocycles. The minimum atomic E-state index is -0.821.